The van der Waals surface area contributed by atoms with Gasteiger partial charge in [0.2, 0.25) is 11.8 Å². The summed E-state index contributed by atoms with van der Waals surface area (Å²) in [6.07, 6.45) is 0. The van der Waals surface area contributed by atoms with Crippen LogP contribution in [0, 0.1) is 6.92 Å². The molecule has 0 aliphatic carbocycles. The maximum absolute atomic E-state index is 11.9. The molecular formula is C14H19BrN4O3. The van der Waals surface area contributed by atoms with Crippen molar-refractivity contribution in [1.82, 2.24) is 15.8 Å². The summed E-state index contributed by atoms with van der Waals surface area (Å²) >= 11 is 3.36. The molecule has 3 amide bonds. The van der Waals surface area contributed by atoms with E-state index in [0.717, 1.165) is 15.7 Å². The molecule has 1 aromatic carbocycles. The van der Waals surface area contributed by atoms with E-state index in [2.05, 4.69) is 32.1 Å². The molecule has 0 atom stereocenters. The second-order valence-corrected chi connectivity index (χ2v) is 5.82. The predicted molar refractivity (Wildman–Crippen MR) is 87.0 cm³/mol. The number of amides is 3. The summed E-state index contributed by atoms with van der Waals surface area (Å²) in [5.74, 6) is -0.981. The van der Waals surface area contributed by atoms with E-state index in [1.54, 1.807) is 18.0 Å². The van der Waals surface area contributed by atoms with E-state index in [0.29, 0.717) is 0 Å². The monoisotopic (exact) mass is 370 g/mol. The molecule has 0 saturated heterocycles. The Kier molecular flexibility index (Phi) is 7.00. The third kappa shape index (κ3) is 6.68. The van der Waals surface area contributed by atoms with Crippen LogP contribution in [0.15, 0.2) is 22.7 Å². The van der Waals surface area contributed by atoms with Gasteiger partial charge in [0.15, 0.2) is 0 Å². The van der Waals surface area contributed by atoms with Crippen LogP contribution in [0.25, 0.3) is 0 Å². The largest absolute Gasteiger partial charge is 0.325 e. The summed E-state index contributed by atoms with van der Waals surface area (Å²) in [5, 5.41) is 2.79. The van der Waals surface area contributed by atoms with E-state index < -0.39 is 5.91 Å². The first kappa shape index (κ1) is 18.1. The topological polar surface area (TPSA) is 90.5 Å². The van der Waals surface area contributed by atoms with Crippen molar-refractivity contribution in [2.45, 2.75) is 13.8 Å². The van der Waals surface area contributed by atoms with Crippen molar-refractivity contribution in [3.8, 4) is 0 Å². The van der Waals surface area contributed by atoms with E-state index >= 15 is 0 Å². The second-order valence-electron chi connectivity index (χ2n) is 4.91. The Morgan fingerprint density at radius 3 is 2.36 bits per heavy atom. The Labute approximate surface area is 137 Å². The fourth-order valence-corrected chi connectivity index (χ4v) is 2.18. The van der Waals surface area contributed by atoms with Crippen molar-refractivity contribution in [3.63, 3.8) is 0 Å². The van der Waals surface area contributed by atoms with Gasteiger partial charge in [0.25, 0.3) is 5.91 Å². The molecule has 1 aromatic rings. The van der Waals surface area contributed by atoms with Crippen LogP contribution >= 0.6 is 15.9 Å². The quantitative estimate of drug-likeness (QED) is 0.668. The second kappa shape index (κ2) is 8.50. The third-order valence-corrected chi connectivity index (χ3v) is 3.16. The molecule has 0 bridgehead atoms. The van der Waals surface area contributed by atoms with Crippen molar-refractivity contribution >= 4 is 39.3 Å². The maximum Gasteiger partial charge on any atom is 0.252 e. The summed E-state index contributed by atoms with van der Waals surface area (Å²) in [6, 6.07) is 5.55. The fourth-order valence-electron chi connectivity index (χ4n) is 1.70. The highest BCUT2D eigenvalue weighted by Crippen LogP contribution is 2.19. The number of aryl methyl sites for hydroxylation is 1. The number of halogens is 1. The van der Waals surface area contributed by atoms with Gasteiger partial charge in [0.05, 0.1) is 13.1 Å². The number of nitrogens with one attached hydrogen (secondary N) is 3. The molecule has 0 saturated carbocycles. The molecule has 0 fully saturated rings. The first-order valence-corrected chi connectivity index (χ1v) is 7.37. The molecule has 7 nitrogen and oxygen atoms in total. The number of hydrogen-bond acceptors (Lipinski definition) is 4. The number of hydrazine groups is 1. The number of nitrogens with zero attached hydrogens (tertiary/aromatic N) is 1. The van der Waals surface area contributed by atoms with Gasteiger partial charge in [-0.3, -0.25) is 30.1 Å². The highest BCUT2D eigenvalue weighted by Gasteiger charge is 2.11. The summed E-state index contributed by atoms with van der Waals surface area (Å²) in [6.45, 7) is 3.24. The minimum Gasteiger partial charge on any atom is -0.325 e. The first-order valence-electron chi connectivity index (χ1n) is 6.58. The number of benzene rings is 1. The molecule has 120 valence electrons. The molecule has 0 radical (unpaired) electrons. The van der Waals surface area contributed by atoms with Crippen LogP contribution in [-0.2, 0) is 14.4 Å². The zero-order valence-electron chi connectivity index (χ0n) is 12.7. The molecule has 0 unspecified atom stereocenters. The number of carbonyl (C=O) groups excluding carboxylic acids is 3. The molecule has 1 rings (SSSR count). The Morgan fingerprint density at radius 1 is 1.14 bits per heavy atom. The first-order chi connectivity index (χ1) is 10.3. The molecular weight excluding hydrogens is 352 g/mol. The van der Waals surface area contributed by atoms with Gasteiger partial charge >= 0.3 is 0 Å². The predicted octanol–water partition coefficient (Wildman–Crippen LogP) is 0.795. The highest BCUT2D eigenvalue weighted by molar-refractivity contribution is 9.10. The number of carbonyl (C=O) groups is 3. The lowest BCUT2D eigenvalue weighted by Crippen LogP contribution is -2.46. The standard InChI is InChI=1S/C14H19BrN4O3/c1-9-6-11(15)4-5-12(9)16-13(21)7-19(3)8-14(22)18-17-10(2)20/h4-6H,7-8H2,1-3H3,(H,16,21)(H,17,20)(H,18,22). The molecule has 3 N–H and O–H groups in total. The Morgan fingerprint density at radius 2 is 1.77 bits per heavy atom. The van der Waals surface area contributed by atoms with Gasteiger partial charge in [-0.1, -0.05) is 15.9 Å². The van der Waals surface area contributed by atoms with Crippen LogP contribution in [0.4, 0.5) is 5.69 Å². The Hall–Kier alpha value is -1.93. The van der Waals surface area contributed by atoms with Crippen LogP contribution in [0.3, 0.4) is 0 Å². The molecule has 22 heavy (non-hydrogen) atoms. The van der Waals surface area contributed by atoms with E-state index in [9.17, 15) is 14.4 Å². The van der Waals surface area contributed by atoms with E-state index in [4.69, 9.17) is 0 Å². The fraction of sp³-hybridized carbons (Fsp3) is 0.357. The highest BCUT2D eigenvalue weighted by atomic mass is 79.9. The minimum absolute atomic E-state index is 0.00692. The van der Waals surface area contributed by atoms with Gasteiger partial charge in [-0.2, -0.15) is 0 Å². The lowest BCUT2D eigenvalue weighted by molar-refractivity contribution is -0.128. The smallest absolute Gasteiger partial charge is 0.252 e. The van der Waals surface area contributed by atoms with Crippen molar-refractivity contribution in [3.05, 3.63) is 28.2 Å². The van der Waals surface area contributed by atoms with Crippen LogP contribution < -0.4 is 16.2 Å². The Bertz CT molecular complexity index is 577. The van der Waals surface area contributed by atoms with Crippen molar-refractivity contribution < 1.29 is 14.4 Å². The minimum atomic E-state index is -0.398. The summed E-state index contributed by atoms with van der Waals surface area (Å²) in [5.41, 5.74) is 6.09. The zero-order chi connectivity index (χ0) is 16.7. The molecule has 0 heterocycles. The number of hydrogen-bond donors (Lipinski definition) is 3. The average Bonchev–Trinajstić information content (AvgIpc) is 2.39. The lowest BCUT2D eigenvalue weighted by Gasteiger charge is -2.16. The third-order valence-electron chi connectivity index (χ3n) is 2.67. The average molecular weight is 371 g/mol. The molecule has 0 aromatic heterocycles. The molecule has 0 spiro atoms. The van der Waals surface area contributed by atoms with Crippen molar-refractivity contribution in [2.75, 3.05) is 25.5 Å². The lowest BCUT2D eigenvalue weighted by atomic mass is 10.2. The van der Waals surface area contributed by atoms with Crippen molar-refractivity contribution in [1.29, 1.82) is 0 Å². The van der Waals surface area contributed by atoms with Crippen LogP contribution in [0.5, 0.6) is 0 Å². The number of rotatable bonds is 5. The normalized spacial score (nSPS) is 10.2. The zero-order valence-corrected chi connectivity index (χ0v) is 14.3. The Balaban J connectivity index is 2.44. The van der Waals surface area contributed by atoms with Crippen LogP contribution in [0.2, 0.25) is 0 Å². The summed E-state index contributed by atoms with van der Waals surface area (Å²) in [7, 11) is 1.64. The maximum atomic E-state index is 11.9. The van der Waals surface area contributed by atoms with Crippen molar-refractivity contribution in [2.24, 2.45) is 0 Å². The molecule has 8 heteroatoms. The van der Waals surface area contributed by atoms with Crippen LogP contribution in [0.1, 0.15) is 12.5 Å². The van der Waals surface area contributed by atoms with Gasteiger partial charge in [0.1, 0.15) is 0 Å². The SMILES string of the molecule is CC(=O)NNC(=O)CN(C)CC(=O)Nc1ccc(Br)cc1C. The van der Waals surface area contributed by atoms with E-state index in [-0.39, 0.29) is 24.9 Å². The van der Waals surface area contributed by atoms with Gasteiger partial charge in [-0.25, -0.2) is 0 Å². The van der Waals surface area contributed by atoms with E-state index in [1.807, 2.05) is 19.1 Å². The number of anilines is 1. The summed E-state index contributed by atoms with van der Waals surface area (Å²) < 4.78 is 0.940. The van der Waals surface area contributed by atoms with E-state index in [1.165, 1.54) is 6.92 Å². The van der Waals surface area contributed by atoms with Gasteiger partial charge in [-0.15, -0.1) is 0 Å². The van der Waals surface area contributed by atoms with Gasteiger partial charge < -0.3 is 5.32 Å². The molecule has 0 aliphatic rings. The number of likely N-dealkylation sites (N-methyl/N-ethyl adjacent to an activating group) is 1. The summed E-state index contributed by atoms with van der Waals surface area (Å²) in [4.78, 5) is 35.6. The van der Waals surface area contributed by atoms with Gasteiger partial charge in [-0.05, 0) is 37.7 Å². The van der Waals surface area contributed by atoms with Crippen LogP contribution in [-0.4, -0.2) is 42.8 Å². The molecule has 0 aliphatic heterocycles. The van der Waals surface area contributed by atoms with Gasteiger partial charge in [0, 0.05) is 17.1 Å².